The zero-order valence-electron chi connectivity index (χ0n) is 14.6. The van der Waals surface area contributed by atoms with E-state index in [1.54, 1.807) is 11.3 Å². The number of benzene rings is 1. The first-order valence-corrected chi connectivity index (χ1v) is 9.46. The fourth-order valence-corrected chi connectivity index (χ4v) is 4.30. The summed E-state index contributed by atoms with van der Waals surface area (Å²) in [4.78, 5) is 13.9. The van der Waals surface area contributed by atoms with Crippen LogP contribution >= 0.6 is 11.3 Å². The molecule has 4 heterocycles. The molecule has 0 saturated heterocycles. The molecule has 26 heavy (non-hydrogen) atoms. The van der Waals surface area contributed by atoms with Crippen LogP contribution < -0.4 is 0 Å². The molecule has 0 N–H and O–H groups in total. The third kappa shape index (κ3) is 2.45. The van der Waals surface area contributed by atoms with Gasteiger partial charge in [-0.3, -0.25) is 9.97 Å². The molecule has 0 fully saturated rings. The number of aromatic nitrogens is 5. The summed E-state index contributed by atoms with van der Waals surface area (Å²) in [6, 6.07) is 12.7. The summed E-state index contributed by atoms with van der Waals surface area (Å²) in [6.45, 7) is 3.96. The van der Waals surface area contributed by atoms with E-state index in [9.17, 15) is 0 Å². The number of hydrogen-bond donors (Lipinski definition) is 0. The largest absolute Gasteiger partial charge is 0.256 e. The molecule has 0 saturated carbocycles. The SMILES string of the molecule is Cc1ncc(C)n2nc(CCc3ccc4sc5ccccc5c4n3)nc12. The molecule has 0 aliphatic rings. The number of fused-ring (bicyclic) bond motifs is 4. The van der Waals surface area contributed by atoms with Crippen LogP contribution in [0.15, 0.2) is 42.6 Å². The molecule has 4 aromatic heterocycles. The summed E-state index contributed by atoms with van der Waals surface area (Å²) in [5.41, 5.74) is 4.91. The molecule has 0 spiro atoms. The number of hydrogen-bond acceptors (Lipinski definition) is 5. The molecule has 5 rings (SSSR count). The van der Waals surface area contributed by atoms with Crippen molar-refractivity contribution >= 4 is 37.3 Å². The fraction of sp³-hybridized carbons (Fsp3) is 0.200. The topological polar surface area (TPSA) is 56.0 Å². The van der Waals surface area contributed by atoms with E-state index in [1.165, 1.54) is 14.8 Å². The van der Waals surface area contributed by atoms with Crippen LogP contribution in [0.2, 0.25) is 0 Å². The van der Waals surface area contributed by atoms with Gasteiger partial charge in [-0.25, -0.2) is 9.50 Å². The predicted molar refractivity (Wildman–Crippen MR) is 105 cm³/mol. The minimum absolute atomic E-state index is 0.765. The normalized spacial score (nSPS) is 11.8. The number of pyridine rings is 1. The lowest BCUT2D eigenvalue weighted by atomic mass is 10.2. The van der Waals surface area contributed by atoms with E-state index >= 15 is 0 Å². The Kier molecular flexibility index (Phi) is 3.46. The highest BCUT2D eigenvalue weighted by Gasteiger charge is 2.11. The van der Waals surface area contributed by atoms with E-state index < -0.39 is 0 Å². The summed E-state index contributed by atoms with van der Waals surface area (Å²) >= 11 is 1.79. The molecule has 1 aromatic carbocycles. The zero-order chi connectivity index (χ0) is 17.7. The van der Waals surface area contributed by atoms with Crippen molar-refractivity contribution in [1.29, 1.82) is 0 Å². The van der Waals surface area contributed by atoms with E-state index in [0.29, 0.717) is 0 Å². The van der Waals surface area contributed by atoms with Gasteiger partial charge in [-0.05, 0) is 38.5 Å². The van der Waals surface area contributed by atoms with Crippen molar-refractivity contribution in [2.24, 2.45) is 0 Å². The lowest BCUT2D eigenvalue weighted by Crippen LogP contribution is -1.98. The van der Waals surface area contributed by atoms with Crippen molar-refractivity contribution in [2.45, 2.75) is 26.7 Å². The van der Waals surface area contributed by atoms with Gasteiger partial charge < -0.3 is 0 Å². The van der Waals surface area contributed by atoms with Crippen LogP contribution in [0.3, 0.4) is 0 Å². The van der Waals surface area contributed by atoms with Crippen molar-refractivity contribution in [1.82, 2.24) is 24.6 Å². The lowest BCUT2D eigenvalue weighted by Gasteiger charge is -1.99. The van der Waals surface area contributed by atoms with Crippen LogP contribution in [-0.2, 0) is 12.8 Å². The Hall–Kier alpha value is -2.86. The Morgan fingerprint density at radius 3 is 2.73 bits per heavy atom. The first-order valence-electron chi connectivity index (χ1n) is 8.64. The molecule has 0 unspecified atom stereocenters. The molecule has 0 atom stereocenters. The Morgan fingerprint density at radius 2 is 1.85 bits per heavy atom. The first kappa shape index (κ1) is 15.4. The maximum absolute atomic E-state index is 4.90. The standard InChI is InChI=1S/C20H17N5S/c1-12-11-21-13(2)20-23-18(24-25(12)20)10-8-14-7-9-17-19(22-14)15-5-3-4-6-16(15)26-17/h3-7,9,11H,8,10H2,1-2H3. The van der Waals surface area contributed by atoms with Gasteiger partial charge in [0.15, 0.2) is 11.5 Å². The Morgan fingerprint density at radius 1 is 0.962 bits per heavy atom. The van der Waals surface area contributed by atoms with Gasteiger partial charge in [0.1, 0.15) is 0 Å². The molecule has 5 nitrogen and oxygen atoms in total. The maximum Gasteiger partial charge on any atom is 0.177 e. The zero-order valence-corrected chi connectivity index (χ0v) is 15.4. The molecular weight excluding hydrogens is 342 g/mol. The molecule has 5 aromatic rings. The highest BCUT2D eigenvalue weighted by molar-refractivity contribution is 7.25. The van der Waals surface area contributed by atoms with Crippen molar-refractivity contribution in [3.63, 3.8) is 0 Å². The van der Waals surface area contributed by atoms with Gasteiger partial charge in [0, 0.05) is 28.4 Å². The quantitative estimate of drug-likeness (QED) is 0.482. The molecule has 0 bridgehead atoms. The molecule has 0 aliphatic heterocycles. The third-order valence-corrected chi connectivity index (χ3v) is 5.76. The van der Waals surface area contributed by atoms with Crippen LogP contribution in [0.1, 0.15) is 22.9 Å². The highest BCUT2D eigenvalue weighted by Crippen LogP contribution is 2.32. The molecule has 0 amide bonds. The Bertz CT molecular complexity index is 1230. The van der Waals surface area contributed by atoms with Crippen molar-refractivity contribution in [2.75, 3.05) is 0 Å². The van der Waals surface area contributed by atoms with Crippen LogP contribution in [0, 0.1) is 13.8 Å². The van der Waals surface area contributed by atoms with Gasteiger partial charge in [-0.1, -0.05) is 18.2 Å². The van der Waals surface area contributed by atoms with E-state index in [0.717, 1.165) is 46.9 Å². The second-order valence-electron chi connectivity index (χ2n) is 6.50. The second-order valence-corrected chi connectivity index (χ2v) is 7.58. The van der Waals surface area contributed by atoms with E-state index in [-0.39, 0.29) is 0 Å². The Labute approximate surface area is 154 Å². The summed E-state index contributed by atoms with van der Waals surface area (Å²) < 4.78 is 4.39. The summed E-state index contributed by atoms with van der Waals surface area (Å²) in [5.74, 6) is 0.835. The minimum Gasteiger partial charge on any atom is -0.256 e. The van der Waals surface area contributed by atoms with Crippen LogP contribution in [-0.4, -0.2) is 24.6 Å². The molecule has 0 radical (unpaired) electrons. The first-order chi connectivity index (χ1) is 12.7. The van der Waals surface area contributed by atoms with Crippen molar-refractivity contribution in [3.8, 4) is 0 Å². The smallest absolute Gasteiger partial charge is 0.177 e. The van der Waals surface area contributed by atoms with Gasteiger partial charge in [0.25, 0.3) is 0 Å². The van der Waals surface area contributed by atoms with Crippen LogP contribution in [0.25, 0.3) is 25.9 Å². The molecule has 128 valence electrons. The summed E-state index contributed by atoms with van der Waals surface area (Å²) in [5, 5.41) is 5.86. The van der Waals surface area contributed by atoms with Gasteiger partial charge in [0.05, 0.1) is 21.6 Å². The van der Waals surface area contributed by atoms with Crippen molar-refractivity contribution < 1.29 is 0 Å². The molecule has 0 aliphatic carbocycles. The second kappa shape index (κ2) is 5.85. The van der Waals surface area contributed by atoms with Gasteiger partial charge in [-0.15, -0.1) is 11.3 Å². The predicted octanol–water partition coefficient (Wildman–Crippen LogP) is 4.29. The number of aryl methyl sites for hydroxylation is 4. The number of thiophene rings is 1. The summed E-state index contributed by atoms with van der Waals surface area (Å²) in [6.07, 6.45) is 3.42. The van der Waals surface area contributed by atoms with E-state index in [4.69, 9.17) is 4.98 Å². The third-order valence-electron chi connectivity index (χ3n) is 4.64. The van der Waals surface area contributed by atoms with E-state index in [1.807, 2.05) is 24.6 Å². The minimum atomic E-state index is 0.765. The Balaban J connectivity index is 1.47. The number of rotatable bonds is 3. The van der Waals surface area contributed by atoms with E-state index in [2.05, 4.69) is 51.5 Å². The highest BCUT2D eigenvalue weighted by atomic mass is 32.1. The van der Waals surface area contributed by atoms with Crippen LogP contribution in [0.4, 0.5) is 0 Å². The average molecular weight is 359 g/mol. The molecule has 6 heteroatoms. The van der Waals surface area contributed by atoms with Crippen LogP contribution in [0.5, 0.6) is 0 Å². The van der Waals surface area contributed by atoms with Gasteiger partial charge in [-0.2, -0.15) is 5.10 Å². The summed E-state index contributed by atoms with van der Waals surface area (Å²) in [7, 11) is 0. The number of nitrogens with zero attached hydrogens (tertiary/aromatic N) is 5. The molecular formula is C20H17N5S. The average Bonchev–Trinajstić information content (AvgIpc) is 3.25. The fourth-order valence-electron chi connectivity index (χ4n) is 3.25. The van der Waals surface area contributed by atoms with Crippen molar-refractivity contribution in [3.05, 3.63) is 65.5 Å². The monoisotopic (exact) mass is 359 g/mol. The lowest BCUT2D eigenvalue weighted by molar-refractivity contribution is 0.808. The van der Waals surface area contributed by atoms with Gasteiger partial charge >= 0.3 is 0 Å². The van der Waals surface area contributed by atoms with Gasteiger partial charge in [0.2, 0.25) is 0 Å². The maximum atomic E-state index is 4.90.